The number of hydrogen-bond donors (Lipinski definition) is 1. The van der Waals surface area contributed by atoms with E-state index in [1.54, 1.807) is 0 Å². The molecule has 0 saturated carbocycles. The lowest BCUT2D eigenvalue weighted by Crippen LogP contribution is -2.18. The first kappa shape index (κ1) is 5.59. The summed E-state index contributed by atoms with van der Waals surface area (Å²) in [5.41, 5.74) is 0. The third-order valence-electron chi connectivity index (χ3n) is 1.74. The van der Waals surface area contributed by atoms with E-state index in [-0.39, 0.29) is 0 Å². The molecule has 1 aliphatic heterocycles. The Morgan fingerprint density at radius 2 is 2.10 bits per heavy atom. The monoisotopic (exact) mass is 134 g/mol. The van der Waals surface area contributed by atoms with Crippen molar-refractivity contribution in [2.75, 3.05) is 18.0 Å². The summed E-state index contributed by atoms with van der Waals surface area (Å²) in [6.45, 7) is 2.08. The van der Waals surface area contributed by atoms with Gasteiger partial charge in [-0.2, -0.15) is 0 Å². The first-order valence-corrected chi connectivity index (χ1v) is 3.50. The van der Waals surface area contributed by atoms with Crippen LogP contribution in [0.15, 0.2) is 30.5 Å². The predicted octanol–water partition coefficient (Wildman–Crippen LogP) is 1.39. The van der Waals surface area contributed by atoms with Crippen molar-refractivity contribution in [1.29, 1.82) is 0 Å². The average Bonchev–Trinajstić information content (AvgIpc) is 2.59. The number of aromatic amines is 1. The Bertz CT molecular complexity index is 215. The third kappa shape index (κ3) is 0.817. The van der Waals surface area contributed by atoms with Crippen LogP contribution in [0.25, 0.3) is 0 Å². The van der Waals surface area contributed by atoms with Crippen LogP contribution in [0.2, 0.25) is 0 Å². The molecule has 2 heterocycles. The number of rotatable bonds is 1. The largest absolute Gasteiger partial charge is 0.351 e. The van der Waals surface area contributed by atoms with Gasteiger partial charge in [-0.15, -0.1) is 0 Å². The van der Waals surface area contributed by atoms with Gasteiger partial charge in [-0.05, 0) is 12.1 Å². The lowest BCUT2D eigenvalue weighted by Gasteiger charge is -2.14. The number of H-pyrrole nitrogens is 1. The van der Waals surface area contributed by atoms with E-state index in [4.69, 9.17) is 0 Å². The van der Waals surface area contributed by atoms with Crippen LogP contribution in [0.5, 0.6) is 0 Å². The normalized spacial score (nSPS) is 16.6. The van der Waals surface area contributed by atoms with Crippen molar-refractivity contribution >= 4 is 5.82 Å². The number of nitrogens with zero attached hydrogens (tertiary/aromatic N) is 1. The summed E-state index contributed by atoms with van der Waals surface area (Å²) in [5, 5.41) is 0. The van der Waals surface area contributed by atoms with Gasteiger partial charge >= 0.3 is 0 Å². The summed E-state index contributed by atoms with van der Waals surface area (Å²) < 4.78 is 0. The van der Waals surface area contributed by atoms with Gasteiger partial charge in [0.2, 0.25) is 0 Å². The average molecular weight is 134 g/mol. The molecule has 0 bridgehead atoms. The number of aromatic nitrogens is 1. The molecule has 1 aromatic rings. The maximum atomic E-state index is 3.16. The van der Waals surface area contributed by atoms with Crippen LogP contribution >= 0.6 is 0 Å². The van der Waals surface area contributed by atoms with Gasteiger partial charge in [-0.3, -0.25) is 0 Å². The highest BCUT2D eigenvalue weighted by Gasteiger charge is 2.06. The summed E-state index contributed by atoms with van der Waals surface area (Å²) in [6, 6.07) is 4.11. The van der Waals surface area contributed by atoms with Crippen molar-refractivity contribution in [2.45, 2.75) is 0 Å². The van der Waals surface area contributed by atoms with Crippen LogP contribution in [-0.4, -0.2) is 18.1 Å². The molecule has 0 saturated heterocycles. The van der Waals surface area contributed by atoms with Crippen molar-refractivity contribution < 1.29 is 0 Å². The lowest BCUT2D eigenvalue weighted by molar-refractivity contribution is 0.979. The van der Waals surface area contributed by atoms with Gasteiger partial charge in [0, 0.05) is 19.3 Å². The van der Waals surface area contributed by atoms with E-state index in [2.05, 4.69) is 28.1 Å². The zero-order valence-corrected chi connectivity index (χ0v) is 5.75. The van der Waals surface area contributed by atoms with Crippen molar-refractivity contribution in [3.63, 3.8) is 0 Å². The molecule has 52 valence electrons. The second kappa shape index (κ2) is 2.21. The Morgan fingerprint density at radius 1 is 1.30 bits per heavy atom. The Kier molecular flexibility index (Phi) is 1.24. The van der Waals surface area contributed by atoms with Gasteiger partial charge < -0.3 is 9.88 Å². The van der Waals surface area contributed by atoms with Crippen LogP contribution in [-0.2, 0) is 0 Å². The van der Waals surface area contributed by atoms with Gasteiger partial charge in [0.25, 0.3) is 0 Å². The smallest absolute Gasteiger partial charge is 0.106 e. The fraction of sp³-hybridized carbons (Fsp3) is 0.250. The molecule has 0 aliphatic carbocycles. The molecule has 0 spiro atoms. The second-order valence-corrected chi connectivity index (χ2v) is 2.43. The minimum Gasteiger partial charge on any atom is -0.351 e. The van der Waals surface area contributed by atoms with E-state index in [1.165, 1.54) is 5.82 Å². The molecular formula is C8H10N2. The Balaban J connectivity index is 2.14. The Hall–Kier alpha value is -1.18. The highest BCUT2D eigenvalue weighted by molar-refractivity contribution is 5.42. The molecule has 0 atom stereocenters. The van der Waals surface area contributed by atoms with Crippen LogP contribution in [0.1, 0.15) is 0 Å². The minimum absolute atomic E-state index is 1.04. The first-order chi connectivity index (χ1) is 4.97. The van der Waals surface area contributed by atoms with Crippen LogP contribution < -0.4 is 4.90 Å². The molecule has 0 unspecified atom stereocenters. The van der Waals surface area contributed by atoms with E-state index in [0.717, 1.165) is 13.1 Å². The molecule has 0 aromatic carbocycles. The fourth-order valence-electron chi connectivity index (χ4n) is 1.19. The van der Waals surface area contributed by atoms with E-state index in [1.807, 2.05) is 12.3 Å². The van der Waals surface area contributed by atoms with Crippen molar-refractivity contribution in [3.8, 4) is 0 Å². The Morgan fingerprint density at radius 3 is 2.70 bits per heavy atom. The topological polar surface area (TPSA) is 19.0 Å². The van der Waals surface area contributed by atoms with E-state index < -0.39 is 0 Å². The molecule has 2 heteroatoms. The van der Waals surface area contributed by atoms with Crippen LogP contribution in [0.3, 0.4) is 0 Å². The van der Waals surface area contributed by atoms with Crippen molar-refractivity contribution in [1.82, 2.24) is 4.98 Å². The van der Waals surface area contributed by atoms with Crippen LogP contribution in [0, 0.1) is 0 Å². The zero-order valence-electron chi connectivity index (χ0n) is 5.75. The molecule has 0 fully saturated rings. The minimum atomic E-state index is 1.04. The van der Waals surface area contributed by atoms with Crippen molar-refractivity contribution in [2.24, 2.45) is 0 Å². The molecule has 1 aliphatic rings. The van der Waals surface area contributed by atoms with E-state index >= 15 is 0 Å². The van der Waals surface area contributed by atoms with Gasteiger partial charge in [-0.25, -0.2) is 0 Å². The molecule has 0 radical (unpaired) electrons. The van der Waals surface area contributed by atoms with Gasteiger partial charge in [0.05, 0.1) is 0 Å². The molecular weight excluding hydrogens is 124 g/mol. The fourth-order valence-corrected chi connectivity index (χ4v) is 1.19. The number of hydrogen-bond acceptors (Lipinski definition) is 1. The van der Waals surface area contributed by atoms with Gasteiger partial charge in [0.1, 0.15) is 5.82 Å². The Labute approximate surface area is 60.2 Å². The van der Waals surface area contributed by atoms with E-state index in [0.29, 0.717) is 0 Å². The van der Waals surface area contributed by atoms with Gasteiger partial charge in [0.15, 0.2) is 0 Å². The standard InChI is InChI=1S/C8H10N2/c1-2-7-10(6-1)8-4-3-5-9-8/h1-5,9H,6-7H2. The maximum Gasteiger partial charge on any atom is 0.106 e. The summed E-state index contributed by atoms with van der Waals surface area (Å²) >= 11 is 0. The lowest BCUT2D eigenvalue weighted by atomic mass is 10.5. The summed E-state index contributed by atoms with van der Waals surface area (Å²) in [4.78, 5) is 5.44. The highest BCUT2D eigenvalue weighted by atomic mass is 15.2. The highest BCUT2D eigenvalue weighted by Crippen LogP contribution is 2.12. The molecule has 1 N–H and O–H groups in total. The summed E-state index contributed by atoms with van der Waals surface area (Å²) in [6.07, 6.45) is 6.31. The molecule has 0 amide bonds. The quantitative estimate of drug-likeness (QED) is 0.575. The molecule has 2 rings (SSSR count). The summed E-state index contributed by atoms with van der Waals surface area (Å²) in [5.74, 6) is 1.21. The van der Waals surface area contributed by atoms with E-state index in [9.17, 15) is 0 Å². The second-order valence-electron chi connectivity index (χ2n) is 2.43. The molecule has 2 nitrogen and oxygen atoms in total. The van der Waals surface area contributed by atoms with Gasteiger partial charge in [-0.1, -0.05) is 12.2 Å². The van der Waals surface area contributed by atoms with Crippen molar-refractivity contribution in [3.05, 3.63) is 30.5 Å². The number of nitrogens with one attached hydrogen (secondary N) is 1. The maximum absolute atomic E-state index is 3.16. The first-order valence-electron chi connectivity index (χ1n) is 3.50. The predicted molar refractivity (Wildman–Crippen MR) is 42.1 cm³/mol. The SMILES string of the molecule is C1=CCN(c2ccc[nH]2)C1. The summed E-state index contributed by atoms with van der Waals surface area (Å²) in [7, 11) is 0. The zero-order chi connectivity index (χ0) is 6.81. The number of anilines is 1. The molecule has 1 aromatic heterocycles. The third-order valence-corrected chi connectivity index (χ3v) is 1.74. The van der Waals surface area contributed by atoms with Crippen LogP contribution in [0.4, 0.5) is 5.82 Å². The molecule has 10 heavy (non-hydrogen) atoms.